The molecule has 2 aliphatic heterocycles. The molecular formula is C20H27FN6O. The molecule has 0 aliphatic carbocycles. The van der Waals surface area contributed by atoms with Gasteiger partial charge in [-0.3, -0.25) is 9.48 Å². The van der Waals surface area contributed by atoms with Gasteiger partial charge in [-0.2, -0.15) is 5.10 Å². The lowest BCUT2D eigenvalue weighted by Crippen LogP contribution is -2.51. The van der Waals surface area contributed by atoms with Crippen molar-refractivity contribution in [3.63, 3.8) is 0 Å². The van der Waals surface area contributed by atoms with Crippen LogP contribution in [0.2, 0.25) is 0 Å². The fourth-order valence-corrected chi connectivity index (χ4v) is 4.47. The van der Waals surface area contributed by atoms with Crippen molar-refractivity contribution in [2.45, 2.75) is 51.6 Å². The number of amides is 1. The van der Waals surface area contributed by atoms with Gasteiger partial charge < -0.3 is 9.80 Å². The van der Waals surface area contributed by atoms with Crippen LogP contribution in [-0.2, 0) is 6.54 Å². The molecule has 2 atom stereocenters. The largest absolute Gasteiger partial charge is 0.337 e. The molecule has 0 N–H and O–H groups in total. The molecule has 28 heavy (non-hydrogen) atoms. The van der Waals surface area contributed by atoms with Crippen molar-refractivity contribution in [1.29, 1.82) is 0 Å². The molecule has 2 fully saturated rings. The van der Waals surface area contributed by atoms with Gasteiger partial charge in [0.2, 0.25) is 5.95 Å². The summed E-state index contributed by atoms with van der Waals surface area (Å²) in [5.74, 6) is 0.548. The molecule has 4 rings (SSSR count). The minimum Gasteiger partial charge on any atom is -0.337 e. The van der Waals surface area contributed by atoms with Crippen LogP contribution in [0.25, 0.3) is 0 Å². The van der Waals surface area contributed by atoms with Gasteiger partial charge in [0, 0.05) is 38.4 Å². The Balaban J connectivity index is 1.49. The maximum Gasteiger partial charge on any atom is 0.274 e. The third-order valence-corrected chi connectivity index (χ3v) is 5.89. The Hall–Kier alpha value is -2.51. The van der Waals surface area contributed by atoms with E-state index in [2.05, 4.69) is 20.0 Å². The van der Waals surface area contributed by atoms with E-state index in [1.165, 1.54) is 12.4 Å². The molecule has 8 heteroatoms. The van der Waals surface area contributed by atoms with Gasteiger partial charge in [-0.1, -0.05) is 0 Å². The summed E-state index contributed by atoms with van der Waals surface area (Å²) in [4.78, 5) is 25.5. The standard InChI is InChI=1S/C20H27FN6O/c1-2-26-11-8-17(24-26)19(28)25-9-5-6-15(14-25)18-7-3-4-10-27(18)20-22-12-16(21)13-23-20/h8,11-13,15,18H,2-7,9-10,14H2,1H3. The lowest BCUT2D eigenvalue weighted by atomic mass is 9.84. The van der Waals surface area contributed by atoms with Crippen molar-refractivity contribution in [1.82, 2.24) is 24.6 Å². The van der Waals surface area contributed by atoms with Crippen molar-refractivity contribution < 1.29 is 9.18 Å². The number of likely N-dealkylation sites (tertiary alicyclic amines) is 1. The van der Waals surface area contributed by atoms with E-state index in [1.807, 2.05) is 18.0 Å². The van der Waals surface area contributed by atoms with Crippen LogP contribution in [0.3, 0.4) is 0 Å². The van der Waals surface area contributed by atoms with E-state index >= 15 is 0 Å². The van der Waals surface area contributed by atoms with Crippen molar-refractivity contribution in [3.8, 4) is 0 Å². The van der Waals surface area contributed by atoms with Crippen LogP contribution in [0.5, 0.6) is 0 Å². The summed E-state index contributed by atoms with van der Waals surface area (Å²) in [6.45, 7) is 5.13. The molecule has 0 aromatic carbocycles. The van der Waals surface area contributed by atoms with Gasteiger partial charge in [0.25, 0.3) is 5.91 Å². The van der Waals surface area contributed by atoms with E-state index in [-0.39, 0.29) is 11.9 Å². The van der Waals surface area contributed by atoms with E-state index < -0.39 is 5.82 Å². The van der Waals surface area contributed by atoms with Crippen LogP contribution >= 0.6 is 0 Å². The van der Waals surface area contributed by atoms with E-state index in [4.69, 9.17) is 0 Å². The normalized spacial score (nSPS) is 23.1. The zero-order valence-corrected chi connectivity index (χ0v) is 16.3. The van der Waals surface area contributed by atoms with Crippen LogP contribution in [0.15, 0.2) is 24.7 Å². The van der Waals surface area contributed by atoms with Crippen molar-refractivity contribution >= 4 is 11.9 Å². The van der Waals surface area contributed by atoms with Crippen molar-refractivity contribution in [3.05, 3.63) is 36.2 Å². The molecule has 4 heterocycles. The second-order valence-corrected chi connectivity index (χ2v) is 7.67. The van der Waals surface area contributed by atoms with E-state index in [1.54, 1.807) is 10.7 Å². The minimum absolute atomic E-state index is 0.0114. The summed E-state index contributed by atoms with van der Waals surface area (Å²) in [6.07, 6.45) is 9.68. The predicted molar refractivity (Wildman–Crippen MR) is 104 cm³/mol. The van der Waals surface area contributed by atoms with Gasteiger partial charge in [-0.25, -0.2) is 14.4 Å². The summed E-state index contributed by atoms with van der Waals surface area (Å²) in [7, 11) is 0. The van der Waals surface area contributed by atoms with Crippen LogP contribution < -0.4 is 4.90 Å². The van der Waals surface area contributed by atoms with Crippen LogP contribution in [0.1, 0.15) is 49.5 Å². The minimum atomic E-state index is -0.418. The first-order chi connectivity index (χ1) is 13.7. The molecule has 2 unspecified atom stereocenters. The monoisotopic (exact) mass is 386 g/mol. The number of nitrogens with zero attached hydrogens (tertiary/aromatic N) is 6. The van der Waals surface area contributed by atoms with Gasteiger partial charge in [-0.05, 0) is 51.0 Å². The fraction of sp³-hybridized carbons (Fsp3) is 0.600. The first kappa shape index (κ1) is 18.8. The van der Waals surface area contributed by atoms with E-state index in [0.717, 1.165) is 58.3 Å². The molecule has 0 spiro atoms. The number of carbonyl (C=O) groups excluding carboxylic acids is 1. The fourth-order valence-electron chi connectivity index (χ4n) is 4.47. The highest BCUT2D eigenvalue weighted by Gasteiger charge is 2.35. The highest BCUT2D eigenvalue weighted by atomic mass is 19.1. The number of halogens is 1. The number of aryl methyl sites for hydroxylation is 1. The molecule has 0 radical (unpaired) electrons. The molecule has 2 aromatic heterocycles. The number of piperidine rings is 2. The molecule has 2 aliphatic rings. The zero-order chi connectivity index (χ0) is 19.5. The number of rotatable bonds is 4. The van der Waals surface area contributed by atoms with Gasteiger partial charge in [0.05, 0.1) is 12.4 Å². The molecular weight excluding hydrogens is 359 g/mol. The summed E-state index contributed by atoms with van der Waals surface area (Å²) >= 11 is 0. The van der Waals surface area contributed by atoms with Crippen molar-refractivity contribution in [2.75, 3.05) is 24.5 Å². The Morgan fingerprint density at radius 2 is 2.00 bits per heavy atom. The van der Waals surface area contributed by atoms with Gasteiger partial charge >= 0.3 is 0 Å². The first-order valence-electron chi connectivity index (χ1n) is 10.2. The number of anilines is 1. The summed E-state index contributed by atoms with van der Waals surface area (Å²) < 4.78 is 15.0. The maximum absolute atomic E-state index is 13.2. The summed E-state index contributed by atoms with van der Waals surface area (Å²) in [5.41, 5.74) is 0.518. The highest BCUT2D eigenvalue weighted by molar-refractivity contribution is 5.92. The summed E-state index contributed by atoms with van der Waals surface area (Å²) in [5, 5.41) is 4.37. The smallest absolute Gasteiger partial charge is 0.274 e. The zero-order valence-electron chi connectivity index (χ0n) is 16.3. The topological polar surface area (TPSA) is 67.2 Å². The van der Waals surface area contributed by atoms with Crippen LogP contribution in [0.4, 0.5) is 10.3 Å². The second-order valence-electron chi connectivity index (χ2n) is 7.67. The average Bonchev–Trinajstić information content (AvgIpc) is 3.23. The molecule has 150 valence electrons. The number of carbonyl (C=O) groups is 1. The quantitative estimate of drug-likeness (QED) is 0.808. The molecule has 0 bridgehead atoms. The molecule has 2 saturated heterocycles. The average molecular weight is 386 g/mol. The van der Waals surface area contributed by atoms with Crippen LogP contribution in [0, 0.1) is 11.7 Å². The second kappa shape index (κ2) is 8.24. The van der Waals surface area contributed by atoms with Crippen molar-refractivity contribution in [2.24, 2.45) is 5.92 Å². The highest BCUT2D eigenvalue weighted by Crippen LogP contribution is 2.32. The van der Waals surface area contributed by atoms with Crippen LogP contribution in [-0.4, -0.2) is 56.2 Å². The Morgan fingerprint density at radius 1 is 1.18 bits per heavy atom. The number of hydrogen-bond donors (Lipinski definition) is 0. The van der Waals surface area contributed by atoms with E-state index in [9.17, 15) is 9.18 Å². The molecule has 2 aromatic rings. The Labute approximate surface area is 164 Å². The third kappa shape index (κ3) is 3.86. The molecule has 1 amide bonds. The predicted octanol–water partition coefficient (Wildman–Crippen LogP) is 2.74. The van der Waals surface area contributed by atoms with Gasteiger partial charge in [0.15, 0.2) is 5.82 Å². The van der Waals surface area contributed by atoms with Gasteiger partial charge in [0.1, 0.15) is 5.69 Å². The number of hydrogen-bond acceptors (Lipinski definition) is 5. The Bertz CT molecular complexity index is 807. The maximum atomic E-state index is 13.2. The molecule has 0 saturated carbocycles. The first-order valence-corrected chi connectivity index (χ1v) is 10.2. The Morgan fingerprint density at radius 3 is 2.75 bits per heavy atom. The number of aromatic nitrogens is 4. The lowest BCUT2D eigenvalue weighted by molar-refractivity contribution is 0.0639. The molecule has 7 nitrogen and oxygen atoms in total. The van der Waals surface area contributed by atoms with Gasteiger partial charge in [-0.15, -0.1) is 0 Å². The summed E-state index contributed by atoms with van der Waals surface area (Å²) in [6, 6.07) is 2.08. The lowest BCUT2D eigenvalue weighted by Gasteiger charge is -2.44. The van der Waals surface area contributed by atoms with E-state index in [0.29, 0.717) is 17.6 Å². The SMILES string of the molecule is CCn1ccc(C(=O)N2CCCC(C3CCCCN3c3ncc(F)cn3)C2)n1. The third-order valence-electron chi connectivity index (χ3n) is 5.89. The Kier molecular flexibility index (Phi) is 5.54.